The molecule has 0 aliphatic heterocycles. The molecule has 3 rings (SSSR count). The molecule has 27 heavy (non-hydrogen) atoms. The van der Waals surface area contributed by atoms with Crippen LogP contribution in [0.3, 0.4) is 0 Å². The third kappa shape index (κ3) is 5.78. The van der Waals surface area contributed by atoms with Crippen LogP contribution in [0, 0.1) is 11.7 Å². The molecule has 1 aromatic carbocycles. The van der Waals surface area contributed by atoms with Crippen molar-refractivity contribution in [3.05, 3.63) is 53.1 Å². The van der Waals surface area contributed by atoms with E-state index >= 15 is 0 Å². The molecule has 1 heterocycles. The summed E-state index contributed by atoms with van der Waals surface area (Å²) < 4.78 is 14.8. The predicted octanol–water partition coefficient (Wildman–Crippen LogP) is 8.18. The van der Waals surface area contributed by atoms with Crippen LogP contribution < -0.4 is 0 Å². The van der Waals surface area contributed by atoms with Crippen LogP contribution in [0.5, 0.6) is 0 Å². The fourth-order valence-electron chi connectivity index (χ4n) is 4.38. The van der Waals surface area contributed by atoms with Crippen molar-refractivity contribution in [3.8, 4) is 11.1 Å². The first-order valence-electron chi connectivity index (χ1n) is 10.6. The van der Waals surface area contributed by atoms with Crippen molar-refractivity contribution in [2.24, 2.45) is 5.92 Å². The molecule has 1 aliphatic rings. The maximum absolute atomic E-state index is 14.8. The van der Waals surface area contributed by atoms with Gasteiger partial charge in [0, 0.05) is 11.8 Å². The zero-order valence-corrected chi connectivity index (χ0v) is 17.1. The van der Waals surface area contributed by atoms with Crippen molar-refractivity contribution in [1.29, 1.82) is 0 Å². The average molecular weight is 388 g/mol. The van der Waals surface area contributed by atoms with Gasteiger partial charge in [0.05, 0.1) is 0 Å². The van der Waals surface area contributed by atoms with E-state index in [0.717, 1.165) is 35.4 Å². The summed E-state index contributed by atoms with van der Waals surface area (Å²) in [6.07, 6.45) is 14.6. The maximum atomic E-state index is 14.8. The van der Waals surface area contributed by atoms with Gasteiger partial charge in [-0.2, -0.15) is 0 Å². The SMILES string of the molecule is CCCCCCCC1CCC(c2ccc(-c3ccc(Cl)nc3)cc2F)CC1. The molecule has 1 aliphatic carbocycles. The minimum Gasteiger partial charge on any atom is -0.244 e. The van der Waals surface area contributed by atoms with Gasteiger partial charge in [0.25, 0.3) is 0 Å². The van der Waals surface area contributed by atoms with Crippen LogP contribution in [0.25, 0.3) is 11.1 Å². The molecule has 0 radical (unpaired) electrons. The molecule has 0 N–H and O–H groups in total. The zero-order valence-electron chi connectivity index (χ0n) is 16.4. The maximum Gasteiger partial charge on any atom is 0.129 e. The lowest BCUT2D eigenvalue weighted by Crippen LogP contribution is -2.14. The van der Waals surface area contributed by atoms with Gasteiger partial charge < -0.3 is 0 Å². The first-order chi connectivity index (χ1) is 13.2. The Labute approximate surface area is 168 Å². The number of nitrogens with zero attached hydrogens (tertiary/aromatic N) is 1. The molecular formula is C24H31ClFN. The molecule has 0 unspecified atom stereocenters. The number of halogens is 2. The standard InChI is InChI=1S/C24H31ClFN/c1-2-3-4-5-6-7-18-8-10-19(11-9-18)22-14-12-20(16-23(22)26)21-13-15-24(25)27-17-21/h12-19H,2-11H2,1H3. The van der Waals surface area contributed by atoms with Crippen molar-refractivity contribution in [2.45, 2.75) is 77.0 Å². The summed E-state index contributed by atoms with van der Waals surface area (Å²) in [4.78, 5) is 4.09. The van der Waals surface area contributed by atoms with Crippen molar-refractivity contribution in [3.63, 3.8) is 0 Å². The summed E-state index contributed by atoms with van der Waals surface area (Å²) in [7, 11) is 0. The second kappa shape index (κ2) is 10.2. The average Bonchev–Trinajstić information content (AvgIpc) is 2.69. The molecule has 0 amide bonds. The van der Waals surface area contributed by atoms with Crippen LogP contribution in [-0.4, -0.2) is 4.98 Å². The number of unbranched alkanes of at least 4 members (excludes halogenated alkanes) is 4. The molecule has 0 bridgehead atoms. The van der Waals surface area contributed by atoms with E-state index < -0.39 is 0 Å². The summed E-state index contributed by atoms with van der Waals surface area (Å²) >= 11 is 5.84. The highest BCUT2D eigenvalue weighted by Gasteiger charge is 2.24. The minimum absolute atomic E-state index is 0.0783. The Morgan fingerprint density at radius 1 is 0.963 bits per heavy atom. The van der Waals surface area contributed by atoms with Crippen LogP contribution in [0.4, 0.5) is 4.39 Å². The van der Waals surface area contributed by atoms with E-state index in [4.69, 9.17) is 11.6 Å². The van der Waals surface area contributed by atoms with Crippen molar-refractivity contribution >= 4 is 11.6 Å². The molecule has 0 spiro atoms. The van der Waals surface area contributed by atoms with Gasteiger partial charge in [-0.25, -0.2) is 9.37 Å². The zero-order chi connectivity index (χ0) is 19.1. The van der Waals surface area contributed by atoms with Crippen LogP contribution in [-0.2, 0) is 0 Å². The van der Waals surface area contributed by atoms with E-state index in [-0.39, 0.29) is 5.82 Å². The van der Waals surface area contributed by atoms with Crippen molar-refractivity contribution in [1.82, 2.24) is 4.98 Å². The number of aromatic nitrogens is 1. The number of benzene rings is 1. The van der Waals surface area contributed by atoms with Gasteiger partial charge in [-0.3, -0.25) is 0 Å². The summed E-state index contributed by atoms with van der Waals surface area (Å²) in [6.45, 7) is 2.26. The summed E-state index contributed by atoms with van der Waals surface area (Å²) in [5.74, 6) is 1.15. The van der Waals surface area contributed by atoms with E-state index in [9.17, 15) is 4.39 Å². The summed E-state index contributed by atoms with van der Waals surface area (Å²) in [5.41, 5.74) is 2.65. The quantitative estimate of drug-likeness (QED) is 0.328. The summed E-state index contributed by atoms with van der Waals surface area (Å²) in [6, 6.07) is 9.28. The minimum atomic E-state index is -0.0783. The van der Waals surface area contributed by atoms with Gasteiger partial charge in [-0.05, 0) is 66.8 Å². The second-order valence-electron chi connectivity index (χ2n) is 8.03. The van der Waals surface area contributed by atoms with E-state index in [1.807, 2.05) is 18.2 Å². The highest BCUT2D eigenvalue weighted by Crippen LogP contribution is 2.39. The Morgan fingerprint density at radius 3 is 2.37 bits per heavy atom. The van der Waals surface area contributed by atoms with Crippen LogP contribution in [0.1, 0.15) is 82.6 Å². The third-order valence-corrected chi connectivity index (χ3v) is 6.29. The van der Waals surface area contributed by atoms with Gasteiger partial charge in [-0.1, -0.05) is 69.2 Å². The lowest BCUT2D eigenvalue weighted by Gasteiger charge is -2.29. The molecular weight excluding hydrogens is 357 g/mol. The summed E-state index contributed by atoms with van der Waals surface area (Å²) in [5, 5.41) is 0.456. The smallest absolute Gasteiger partial charge is 0.129 e. The Hall–Kier alpha value is -1.41. The molecule has 0 saturated heterocycles. The van der Waals surface area contributed by atoms with Crippen LogP contribution in [0.2, 0.25) is 5.15 Å². The van der Waals surface area contributed by atoms with E-state index in [0.29, 0.717) is 11.1 Å². The molecule has 2 aromatic rings. The Bertz CT molecular complexity index is 705. The fourth-order valence-corrected chi connectivity index (χ4v) is 4.49. The highest BCUT2D eigenvalue weighted by molar-refractivity contribution is 6.29. The van der Waals surface area contributed by atoms with Gasteiger partial charge >= 0.3 is 0 Å². The number of hydrogen-bond acceptors (Lipinski definition) is 1. The third-order valence-electron chi connectivity index (χ3n) is 6.06. The lowest BCUT2D eigenvalue weighted by molar-refractivity contribution is 0.298. The molecule has 146 valence electrons. The molecule has 1 aromatic heterocycles. The molecule has 1 fully saturated rings. The molecule has 1 saturated carbocycles. The Kier molecular flexibility index (Phi) is 7.70. The van der Waals surface area contributed by atoms with Gasteiger partial charge in [0.1, 0.15) is 11.0 Å². The van der Waals surface area contributed by atoms with Crippen molar-refractivity contribution in [2.75, 3.05) is 0 Å². The highest BCUT2D eigenvalue weighted by atomic mass is 35.5. The lowest BCUT2D eigenvalue weighted by atomic mass is 9.76. The molecule has 1 nitrogen and oxygen atoms in total. The number of pyridine rings is 1. The topological polar surface area (TPSA) is 12.9 Å². The van der Waals surface area contributed by atoms with E-state index in [2.05, 4.69) is 11.9 Å². The van der Waals surface area contributed by atoms with Crippen LogP contribution in [0.15, 0.2) is 36.5 Å². The van der Waals surface area contributed by atoms with Crippen LogP contribution >= 0.6 is 11.6 Å². The first-order valence-corrected chi connectivity index (χ1v) is 11.0. The second-order valence-corrected chi connectivity index (χ2v) is 8.41. The largest absolute Gasteiger partial charge is 0.244 e. The van der Waals surface area contributed by atoms with E-state index in [1.54, 1.807) is 18.3 Å². The van der Waals surface area contributed by atoms with Gasteiger partial charge in [0.15, 0.2) is 0 Å². The Balaban J connectivity index is 1.53. The van der Waals surface area contributed by atoms with Crippen molar-refractivity contribution < 1.29 is 4.39 Å². The first kappa shape index (κ1) is 20.3. The predicted molar refractivity (Wildman–Crippen MR) is 113 cm³/mol. The Morgan fingerprint density at radius 2 is 1.70 bits per heavy atom. The number of hydrogen-bond donors (Lipinski definition) is 0. The molecule has 0 atom stereocenters. The molecule has 3 heteroatoms. The van der Waals surface area contributed by atoms with Gasteiger partial charge in [-0.15, -0.1) is 0 Å². The monoisotopic (exact) mass is 387 g/mol. The fraction of sp³-hybridized carbons (Fsp3) is 0.542. The van der Waals surface area contributed by atoms with Gasteiger partial charge in [0.2, 0.25) is 0 Å². The van der Waals surface area contributed by atoms with E-state index in [1.165, 1.54) is 51.4 Å². The normalized spacial score (nSPS) is 20.0. The number of rotatable bonds is 8.